The van der Waals surface area contributed by atoms with E-state index >= 15 is 0 Å². The van der Waals surface area contributed by atoms with Crippen LogP contribution in [0.15, 0.2) is 53.4 Å². The standard InChI is InChI=1S/C17H20O3S/c1-4-17(15-9-5-13(2)6-10-15)20-21(18,19)16-11-7-14(3)8-12-16/h5-12,17H,4H2,1-3H3. The maximum absolute atomic E-state index is 12.3. The Bertz CT molecular complexity index is 686. The molecule has 1 unspecified atom stereocenters. The molecule has 0 amide bonds. The Kier molecular flexibility index (Phi) is 4.80. The molecule has 0 heterocycles. The van der Waals surface area contributed by atoms with Gasteiger partial charge in [-0.3, -0.25) is 4.18 Å². The molecule has 0 saturated heterocycles. The van der Waals surface area contributed by atoms with Gasteiger partial charge in [0.25, 0.3) is 10.1 Å². The summed E-state index contributed by atoms with van der Waals surface area (Å²) in [7, 11) is -3.75. The van der Waals surface area contributed by atoms with E-state index in [1.165, 1.54) is 0 Å². The van der Waals surface area contributed by atoms with Crippen LogP contribution in [0.25, 0.3) is 0 Å². The number of hydrogen-bond acceptors (Lipinski definition) is 3. The largest absolute Gasteiger partial charge is 0.297 e. The van der Waals surface area contributed by atoms with Crippen LogP contribution in [0.3, 0.4) is 0 Å². The molecule has 0 bridgehead atoms. The van der Waals surface area contributed by atoms with E-state index in [0.29, 0.717) is 6.42 Å². The van der Waals surface area contributed by atoms with Crippen LogP contribution < -0.4 is 0 Å². The minimum Gasteiger partial charge on any atom is -0.258 e. The molecular weight excluding hydrogens is 284 g/mol. The van der Waals surface area contributed by atoms with Gasteiger partial charge in [-0.1, -0.05) is 54.4 Å². The second kappa shape index (κ2) is 6.41. The van der Waals surface area contributed by atoms with Crippen LogP contribution in [-0.4, -0.2) is 8.42 Å². The first-order chi connectivity index (χ1) is 9.92. The highest BCUT2D eigenvalue weighted by Crippen LogP contribution is 2.26. The summed E-state index contributed by atoms with van der Waals surface area (Å²) in [6, 6.07) is 14.4. The Morgan fingerprint density at radius 2 is 1.38 bits per heavy atom. The van der Waals surface area contributed by atoms with Crippen molar-refractivity contribution in [1.82, 2.24) is 0 Å². The van der Waals surface area contributed by atoms with Gasteiger partial charge in [-0.15, -0.1) is 0 Å². The van der Waals surface area contributed by atoms with E-state index < -0.39 is 16.2 Å². The van der Waals surface area contributed by atoms with E-state index in [1.54, 1.807) is 24.3 Å². The first-order valence-electron chi connectivity index (χ1n) is 6.99. The molecule has 21 heavy (non-hydrogen) atoms. The third-order valence-corrected chi connectivity index (χ3v) is 4.71. The molecule has 112 valence electrons. The summed E-state index contributed by atoms with van der Waals surface area (Å²) in [4.78, 5) is 0.193. The number of benzene rings is 2. The highest BCUT2D eigenvalue weighted by molar-refractivity contribution is 7.86. The van der Waals surface area contributed by atoms with Gasteiger partial charge in [-0.2, -0.15) is 8.42 Å². The second-order valence-electron chi connectivity index (χ2n) is 5.17. The van der Waals surface area contributed by atoms with Gasteiger partial charge in [-0.25, -0.2) is 0 Å². The minimum absolute atomic E-state index is 0.193. The van der Waals surface area contributed by atoms with E-state index in [2.05, 4.69) is 0 Å². The zero-order valence-electron chi connectivity index (χ0n) is 12.5. The van der Waals surface area contributed by atoms with Crippen LogP contribution in [0.2, 0.25) is 0 Å². The lowest BCUT2D eigenvalue weighted by molar-refractivity contribution is 0.209. The van der Waals surface area contributed by atoms with Gasteiger partial charge < -0.3 is 0 Å². The first kappa shape index (κ1) is 15.7. The van der Waals surface area contributed by atoms with E-state index in [4.69, 9.17) is 4.18 Å². The lowest BCUT2D eigenvalue weighted by Crippen LogP contribution is -2.12. The zero-order chi connectivity index (χ0) is 15.5. The summed E-state index contributed by atoms with van der Waals surface area (Å²) in [5, 5.41) is 0. The third kappa shape index (κ3) is 3.93. The highest BCUT2D eigenvalue weighted by atomic mass is 32.2. The quantitative estimate of drug-likeness (QED) is 0.779. The molecule has 1 atom stereocenters. The van der Waals surface area contributed by atoms with Crippen LogP contribution in [0.5, 0.6) is 0 Å². The molecule has 2 aromatic rings. The Morgan fingerprint density at radius 3 is 1.86 bits per heavy atom. The smallest absolute Gasteiger partial charge is 0.258 e. The maximum Gasteiger partial charge on any atom is 0.297 e. The van der Waals surface area contributed by atoms with Gasteiger partial charge in [0.1, 0.15) is 6.10 Å². The molecule has 0 radical (unpaired) electrons. The Hall–Kier alpha value is -1.65. The Balaban J connectivity index is 2.24. The van der Waals surface area contributed by atoms with Crippen molar-refractivity contribution in [2.24, 2.45) is 0 Å². The molecule has 0 aliphatic heterocycles. The summed E-state index contributed by atoms with van der Waals surface area (Å²) < 4.78 is 30.1. The maximum atomic E-state index is 12.3. The molecule has 2 rings (SSSR count). The van der Waals surface area contributed by atoms with Crippen molar-refractivity contribution >= 4 is 10.1 Å². The van der Waals surface area contributed by atoms with Gasteiger partial charge in [0.15, 0.2) is 0 Å². The molecule has 0 aliphatic rings. The summed E-state index contributed by atoms with van der Waals surface area (Å²) in [5.41, 5.74) is 3.02. The van der Waals surface area contributed by atoms with Crippen molar-refractivity contribution in [3.05, 3.63) is 65.2 Å². The van der Waals surface area contributed by atoms with Crippen molar-refractivity contribution in [2.45, 2.75) is 38.2 Å². The van der Waals surface area contributed by atoms with Gasteiger partial charge in [0, 0.05) is 0 Å². The first-order valence-corrected chi connectivity index (χ1v) is 8.39. The van der Waals surface area contributed by atoms with Gasteiger partial charge in [0.05, 0.1) is 4.90 Å². The molecular formula is C17H20O3S. The Morgan fingerprint density at radius 1 is 0.905 bits per heavy atom. The number of aryl methyl sites for hydroxylation is 2. The fourth-order valence-corrected chi connectivity index (χ4v) is 3.19. The van der Waals surface area contributed by atoms with Crippen molar-refractivity contribution in [2.75, 3.05) is 0 Å². The normalized spacial score (nSPS) is 13.1. The molecule has 0 saturated carbocycles. The average Bonchev–Trinajstić information content (AvgIpc) is 2.46. The van der Waals surface area contributed by atoms with Crippen LogP contribution >= 0.6 is 0 Å². The molecule has 0 aromatic heterocycles. The minimum atomic E-state index is -3.75. The van der Waals surface area contributed by atoms with Crippen molar-refractivity contribution < 1.29 is 12.6 Å². The summed E-state index contributed by atoms with van der Waals surface area (Å²) in [5.74, 6) is 0. The highest BCUT2D eigenvalue weighted by Gasteiger charge is 2.21. The second-order valence-corrected chi connectivity index (χ2v) is 6.74. The third-order valence-electron chi connectivity index (χ3n) is 3.37. The van der Waals surface area contributed by atoms with Gasteiger partial charge in [-0.05, 0) is 38.0 Å². The van der Waals surface area contributed by atoms with Crippen molar-refractivity contribution in [3.63, 3.8) is 0 Å². The summed E-state index contributed by atoms with van der Waals surface area (Å²) >= 11 is 0. The van der Waals surface area contributed by atoms with E-state index in [-0.39, 0.29) is 4.90 Å². The fourth-order valence-electron chi connectivity index (χ4n) is 2.05. The summed E-state index contributed by atoms with van der Waals surface area (Å²) in [6.07, 6.45) is 0.130. The van der Waals surface area contributed by atoms with E-state index in [9.17, 15) is 8.42 Å². The molecule has 0 fully saturated rings. The monoisotopic (exact) mass is 304 g/mol. The average molecular weight is 304 g/mol. The topological polar surface area (TPSA) is 43.4 Å². The molecule has 4 heteroatoms. The SMILES string of the molecule is CCC(OS(=O)(=O)c1ccc(C)cc1)c1ccc(C)cc1. The van der Waals surface area contributed by atoms with E-state index in [1.807, 2.05) is 45.0 Å². The predicted octanol–water partition coefficient (Wildman–Crippen LogP) is 4.16. The van der Waals surface area contributed by atoms with Gasteiger partial charge in [0.2, 0.25) is 0 Å². The van der Waals surface area contributed by atoms with Gasteiger partial charge >= 0.3 is 0 Å². The van der Waals surface area contributed by atoms with Crippen molar-refractivity contribution in [1.29, 1.82) is 0 Å². The van der Waals surface area contributed by atoms with Crippen LogP contribution in [0.1, 0.15) is 36.1 Å². The van der Waals surface area contributed by atoms with E-state index in [0.717, 1.165) is 16.7 Å². The lowest BCUT2D eigenvalue weighted by atomic mass is 10.1. The molecule has 3 nitrogen and oxygen atoms in total. The lowest BCUT2D eigenvalue weighted by Gasteiger charge is -2.16. The van der Waals surface area contributed by atoms with Crippen LogP contribution in [0, 0.1) is 13.8 Å². The van der Waals surface area contributed by atoms with Crippen LogP contribution in [-0.2, 0) is 14.3 Å². The molecule has 0 N–H and O–H groups in total. The number of rotatable bonds is 5. The Labute approximate surface area is 126 Å². The molecule has 2 aromatic carbocycles. The predicted molar refractivity (Wildman–Crippen MR) is 83.7 cm³/mol. The molecule has 0 spiro atoms. The molecule has 0 aliphatic carbocycles. The van der Waals surface area contributed by atoms with Crippen LogP contribution in [0.4, 0.5) is 0 Å². The summed E-state index contributed by atoms with van der Waals surface area (Å²) in [6.45, 7) is 5.82. The zero-order valence-corrected chi connectivity index (χ0v) is 13.4. The number of hydrogen-bond donors (Lipinski definition) is 0. The fraction of sp³-hybridized carbons (Fsp3) is 0.294. The van der Waals surface area contributed by atoms with Crippen molar-refractivity contribution in [3.8, 4) is 0 Å².